The molecule has 3 aromatic heterocycles. The predicted molar refractivity (Wildman–Crippen MR) is 178 cm³/mol. The Labute approximate surface area is 277 Å². The molecule has 5 atom stereocenters. The van der Waals surface area contributed by atoms with Gasteiger partial charge in [-0.05, 0) is 90.7 Å². The maximum absolute atomic E-state index is 14.7. The molecular weight excluding hydrogens is 622 g/mol. The average molecular weight is 666 g/mol. The Balaban J connectivity index is 1.53. The standard InChI is InChI=1S/C35H43N3O8S/c1-19-27-30(40)38(35(5,6)32(41)46-34(2,3)4)33(42)37(31(27)47-28(19)29-36-12-13-44-29)18-26(24-10-8-9-11-25(24)43-7)45-23-16-20-14-22(39)15-21(20)17-23/h8-13,20-23,26,39H,14-18H2,1-7H3/t20-,21+,22?,23?,26?. The number of thiophene rings is 1. The first-order chi connectivity index (χ1) is 22.2. The van der Waals surface area contributed by atoms with Crippen LogP contribution in [0.5, 0.6) is 5.75 Å². The van der Waals surface area contributed by atoms with Gasteiger partial charge in [0.15, 0.2) is 0 Å². The number of methoxy groups -OCH3 is 1. The number of aliphatic hydroxyl groups is 1. The first kappa shape index (κ1) is 33.2. The Kier molecular flexibility index (Phi) is 8.73. The van der Waals surface area contributed by atoms with Gasteiger partial charge in [-0.2, -0.15) is 0 Å². The highest BCUT2D eigenvalue weighted by Crippen LogP contribution is 2.47. The highest BCUT2D eigenvalue weighted by molar-refractivity contribution is 7.22. The van der Waals surface area contributed by atoms with E-state index >= 15 is 0 Å². The lowest BCUT2D eigenvalue weighted by molar-refractivity contribution is -0.164. The highest BCUT2D eigenvalue weighted by atomic mass is 32.1. The third-order valence-corrected chi connectivity index (χ3v) is 10.7. The Hall–Kier alpha value is -3.74. The Morgan fingerprint density at radius 3 is 2.40 bits per heavy atom. The van der Waals surface area contributed by atoms with Gasteiger partial charge in [-0.15, -0.1) is 11.3 Å². The molecule has 3 heterocycles. The topological polar surface area (TPSA) is 135 Å². The Bertz CT molecular complexity index is 1880. The van der Waals surface area contributed by atoms with E-state index in [0.29, 0.717) is 44.1 Å². The first-order valence-corrected chi connectivity index (χ1v) is 16.9. The van der Waals surface area contributed by atoms with E-state index in [0.717, 1.165) is 35.8 Å². The first-order valence-electron chi connectivity index (χ1n) is 16.1. The van der Waals surface area contributed by atoms with E-state index in [1.165, 1.54) is 42.2 Å². The van der Waals surface area contributed by atoms with Crippen molar-refractivity contribution in [2.45, 2.75) is 103 Å². The van der Waals surface area contributed by atoms with Gasteiger partial charge < -0.3 is 23.7 Å². The van der Waals surface area contributed by atoms with Gasteiger partial charge >= 0.3 is 11.7 Å². The number of carbonyl (C=O) groups excluding carboxylic acids is 1. The van der Waals surface area contributed by atoms with Gasteiger partial charge in [-0.1, -0.05) is 18.2 Å². The van der Waals surface area contributed by atoms with E-state index < -0.39 is 34.5 Å². The number of ether oxygens (including phenoxy) is 3. The normalized spacial score (nSPS) is 22.0. The lowest BCUT2D eigenvalue weighted by atomic mass is 10.0. The number of oxazole rings is 1. The van der Waals surface area contributed by atoms with Crippen molar-refractivity contribution in [3.05, 3.63) is 68.7 Å². The van der Waals surface area contributed by atoms with Crippen LogP contribution >= 0.6 is 11.3 Å². The summed E-state index contributed by atoms with van der Waals surface area (Å²) in [6, 6.07) is 7.55. The number of hydrogen-bond acceptors (Lipinski definition) is 10. The molecule has 1 N–H and O–H groups in total. The molecule has 0 aliphatic heterocycles. The molecule has 0 spiro atoms. The zero-order chi connectivity index (χ0) is 33.8. The quantitative estimate of drug-likeness (QED) is 0.227. The fourth-order valence-electron chi connectivity index (χ4n) is 7.22. The monoisotopic (exact) mass is 665 g/mol. The number of benzene rings is 1. The molecule has 3 unspecified atom stereocenters. The molecule has 2 fully saturated rings. The maximum atomic E-state index is 14.7. The minimum Gasteiger partial charge on any atom is -0.496 e. The minimum atomic E-state index is -1.64. The van der Waals surface area contributed by atoms with E-state index in [9.17, 15) is 19.5 Å². The van der Waals surface area contributed by atoms with Crippen molar-refractivity contribution in [3.8, 4) is 16.5 Å². The van der Waals surface area contributed by atoms with Crippen LogP contribution in [0.15, 0.2) is 50.7 Å². The van der Waals surface area contributed by atoms with E-state index in [-0.39, 0.29) is 18.8 Å². The smallest absolute Gasteiger partial charge is 0.333 e. The van der Waals surface area contributed by atoms with Gasteiger partial charge in [0.25, 0.3) is 5.56 Å². The van der Waals surface area contributed by atoms with Gasteiger partial charge in [0.2, 0.25) is 5.89 Å². The van der Waals surface area contributed by atoms with Gasteiger partial charge in [0.05, 0.1) is 42.3 Å². The summed E-state index contributed by atoms with van der Waals surface area (Å²) in [5.74, 6) is 1.02. The zero-order valence-electron chi connectivity index (χ0n) is 27.9. The highest BCUT2D eigenvalue weighted by Gasteiger charge is 2.43. The zero-order valence-corrected chi connectivity index (χ0v) is 28.8. The summed E-state index contributed by atoms with van der Waals surface area (Å²) >= 11 is 1.24. The molecular formula is C35H43N3O8S. The van der Waals surface area contributed by atoms with Crippen LogP contribution in [0, 0.1) is 18.8 Å². The van der Waals surface area contributed by atoms with E-state index in [1.54, 1.807) is 34.8 Å². The second kappa shape index (κ2) is 12.4. The third-order valence-electron chi connectivity index (χ3n) is 9.44. The SMILES string of the molecule is COc1ccccc1C(Cn1c(=O)n(C(C)(C)C(=O)OC(C)(C)C)c(=O)c2c(C)c(-c3ncco3)sc21)OC1C[C@H]2CC(O)C[C@H]2C1. The van der Waals surface area contributed by atoms with Crippen LogP contribution in [0.25, 0.3) is 21.0 Å². The number of nitrogens with zero attached hydrogens (tertiary/aromatic N) is 3. The molecule has 1 aromatic carbocycles. The van der Waals surface area contributed by atoms with Gasteiger partial charge in [0.1, 0.15) is 34.1 Å². The van der Waals surface area contributed by atoms with Crippen molar-refractivity contribution < 1.29 is 28.5 Å². The van der Waals surface area contributed by atoms with Crippen molar-refractivity contribution in [2.75, 3.05) is 7.11 Å². The van der Waals surface area contributed by atoms with Crippen LogP contribution in [-0.4, -0.2) is 50.1 Å². The lowest BCUT2D eigenvalue weighted by Gasteiger charge is -2.30. The van der Waals surface area contributed by atoms with E-state index in [1.807, 2.05) is 24.3 Å². The largest absolute Gasteiger partial charge is 0.496 e. The number of rotatable bonds is 9. The third kappa shape index (κ3) is 6.18. The summed E-state index contributed by atoms with van der Waals surface area (Å²) in [5.41, 5.74) is -2.38. The maximum Gasteiger partial charge on any atom is 0.333 e. The number of esters is 1. The van der Waals surface area contributed by atoms with Crippen molar-refractivity contribution in [2.24, 2.45) is 11.8 Å². The summed E-state index contributed by atoms with van der Waals surface area (Å²) in [4.78, 5) is 47.9. The second-order valence-corrected chi connectivity index (χ2v) is 15.3. The summed E-state index contributed by atoms with van der Waals surface area (Å²) in [6.07, 6.45) is 5.16. The molecule has 0 amide bonds. The molecule has 0 saturated heterocycles. The summed E-state index contributed by atoms with van der Waals surface area (Å²) in [7, 11) is 1.59. The van der Waals surface area contributed by atoms with Crippen LogP contribution in [-0.2, 0) is 26.4 Å². The molecule has 2 aliphatic carbocycles. The molecule has 0 radical (unpaired) electrons. The molecule has 4 aromatic rings. The molecule has 12 heteroatoms. The molecule has 47 heavy (non-hydrogen) atoms. The van der Waals surface area contributed by atoms with Crippen molar-refractivity contribution in [1.29, 1.82) is 0 Å². The van der Waals surface area contributed by atoms with Gasteiger partial charge in [-0.3, -0.25) is 9.36 Å². The Morgan fingerprint density at radius 2 is 1.79 bits per heavy atom. The summed E-state index contributed by atoms with van der Waals surface area (Å²) in [5, 5.41) is 10.5. The number of aliphatic hydroxyl groups excluding tert-OH is 1. The molecule has 252 valence electrons. The van der Waals surface area contributed by atoms with Crippen molar-refractivity contribution in [1.82, 2.24) is 14.1 Å². The van der Waals surface area contributed by atoms with E-state index in [2.05, 4.69) is 4.98 Å². The van der Waals surface area contributed by atoms with Crippen LogP contribution in [0.4, 0.5) is 0 Å². The van der Waals surface area contributed by atoms with Crippen molar-refractivity contribution >= 4 is 27.5 Å². The van der Waals surface area contributed by atoms with Crippen LogP contribution in [0.3, 0.4) is 0 Å². The fraction of sp³-hybridized carbons (Fsp3) is 0.543. The van der Waals surface area contributed by atoms with Crippen LogP contribution in [0.1, 0.15) is 77.5 Å². The second-order valence-electron chi connectivity index (χ2n) is 14.3. The van der Waals surface area contributed by atoms with Gasteiger partial charge in [-0.25, -0.2) is 19.1 Å². The molecule has 0 bridgehead atoms. The number of carbonyl (C=O) groups is 1. The fourth-order valence-corrected chi connectivity index (χ4v) is 8.46. The minimum absolute atomic E-state index is 0.0415. The predicted octanol–water partition coefficient (Wildman–Crippen LogP) is 5.58. The molecule has 11 nitrogen and oxygen atoms in total. The number of fused-ring (bicyclic) bond motifs is 2. The number of hydrogen-bond donors (Lipinski definition) is 1. The number of para-hydroxylation sites is 1. The molecule has 6 rings (SSSR count). The van der Waals surface area contributed by atoms with Crippen LogP contribution in [0.2, 0.25) is 0 Å². The summed E-state index contributed by atoms with van der Waals surface area (Å²) in [6.45, 7) is 10.1. The summed E-state index contributed by atoms with van der Waals surface area (Å²) < 4.78 is 26.5. The van der Waals surface area contributed by atoms with Gasteiger partial charge in [0, 0.05) is 5.56 Å². The lowest BCUT2D eigenvalue weighted by Crippen LogP contribution is -2.54. The van der Waals surface area contributed by atoms with E-state index in [4.69, 9.17) is 18.6 Å². The number of aryl methyl sites for hydroxylation is 1. The van der Waals surface area contributed by atoms with Crippen molar-refractivity contribution in [3.63, 3.8) is 0 Å². The molecule has 2 aliphatic rings. The average Bonchev–Trinajstić information content (AvgIpc) is 3.78. The Morgan fingerprint density at radius 1 is 1.11 bits per heavy atom. The van der Waals surface area contributed by atoms with Crippen LogP contribution < -0.4 is 16.0 Å². The number of aromatic nitrogens is 3. The molecule has 2 saturated carbocycles.